The summed E-state index contributed by atoms with van der Waals surface area (Å²) in [7, 11) is 1.70. The van der Waals surface area contributed by atoms with Crippen LogP contribution < -0.4 is 10.1 Å². The number of imidazole rings is 1. The molecule has 0 bridgehead atoms. The number of carbonyl (C=O) groups is 1. The summed E-state index contributed by atoms with van der Waals surface area (Å²) in [6.07, 6.45) is 3.68. The summed E-state index contributed by atoms with van der Waals surface area (Å²) in [6, 6.07) is 21.9. The zero-order chi connectivity index (χ0) is 23.0. The van der Waals surface area contributed by atoms with Gasteiger partial charge >= 0.3 is 0 Å². The van der Waals surface area contributed by atoms with E-state index in [2.05, 4.69) is 22.0 Å². The number of nitrogens with one attached hydrogen (secondary N) is 1. The predicted molar refractivity (Wildman–Crippen MR) is 128 cm³/mol. The Balaban J connectivity index is 1.34. The molecule has 0 saturated carbocycles. The van der Waals surface area contributed by atoms with E-state index in [1.54, 1.807) is 7.11 Å². The molecule has 3 aromatic carbocycles. The molecule has 0 aliphatic heterocycles. The number of amides is 1. The first kappa shape index (κ1) is 22.5. The lowest BCUT2D eigenvalue weighted by atomic mass is 10.1. The van der Waals surface area contributed by atoms with Gasteiger partial charge in [-0.25, -0.2) is 9.37 Å². The van der Waals surface area contributed by atoms with Crippen LogP contribution in [0.5, 0.6) is 5.75 Å². The first-order chi connectivity index (χ1) is 16.2. The fraction of sp³-hybridized carbons (Fsp3) is 0.259. The van der Waals surface area contributed by atoms with Crippen molar-refractivity contribution in [1.82, 2.24) is 14.9 Å². The van der Waals surface area contributed by atoms with Crippen molar-refractivity contribution in [2.75, 3.05) is 13.7 Å². The molecule has 0 saturated heterocycles. The van der Waals surface area contributed by atoms with E-state index in [4.69, 9.17) is 9.72 Å². The maximum atomic E-state index is 13.0. The first-order valence-corrected chi connectivity index (χ1v) is 11.3. The van der Waals surface area contributed by atoms with Gasteiger partial charge in [0.05, 0.1) is 24.7 Å². The van der Waals surface area contributed by atoms with Crippen LogP contribution in [-0.4, -0.2) is 29.1 Å². The summed E-state index contributed by atoms with van der Waals surface area (Å²) < 4.78 is 20.8. The molecule has 0 spiro atoms. The Bertz CT molecular complexity index is 1220. The number of hydrogen-bond donors (Lipinski definition) is 1. The highest BCUT2D eigenvalue weighted by molar-refractivity contribution is 5.94. The summed E-state index contributed by atoms with van der Waals surface area (Å²) >= 11 is 0. The summed E-state index contributed by atoms with van der Waals surface area (Å²) in [5.74, 6) is 1.41. The van der Waals surface area contributed by atoms with E-state index in [0.717, 1.165) is 53.9 Å². The minimum Gasteiger partial charge on any atom is -0.496 e. The van der Waals surface area contributed by atoms with Crippen molar-refractivity contribution in [1.29, 1.82) is 0 Å². The highest BCUT2D eigenvalue weighted by Crippen LogP contribution is 2.24. The molecule has 0 aliphatic rings. The van der Waals surface area contributed by atoms with Crippen LogP contribution in [0.4, 0.5) is 4.39 Å². The number of halogens is 1. The van der Waals surface area contributed by atoms with Crippen LogP contribution in [0.2, 0.25) is 0 Å². The number of aryl methyl sites for hydroxylation is 1. The molecule has 5 nitrogen and oxygen atoms in total. The van der Waals surface area contributed by atoms with E-state index in [0.29, 0.717) is 18.7 Å². The van der Waals surface area contributed by atoms with Gasteiger partial charge in [0.15, 0.2) is 0 Å². The number of ether oxygens (including phenoxy) is 1. The van der Waals surface area contributed by atoms with Crippen LogP contribution in [0.3, 0.4) is 0 Å². The van der Waals surface area contributed by atoms with E-state index < -0.39 is 0 Å². The molecule has 0 atom stereocenters. The maximum Gasteiger partial charge on any atom is 0.251 e. The van der Waals surface area contributed by atoms with Crippen LogP contribution in [-0.2, 0) is 13.0 Å². The molecular formula is C27H28FN3O2. The SMILES string of the molecule is COc1ccccc1Cn1c(CCCCCNC(=O)c2ccc(F)cc2)nc2ccccc21. The van der Waals surface area contributed by atoms with Gasteiger partial charge in [-0.3, -0.25) is 4.79 Å². The number of para-hydroxylation sites is 3. The number of unbranched alkanes of at least 4 members (excludes halogenated alkanes) is 2. The van der Waals surface area contributed by atoms with E-state index in [-0.39, 0.29) is 11.7 Å². The smallest absolute Gasteiger partial charge is 0.251 e. The number of aromatic nitrogens is 2. The molecule has 33 heavy (non-hydrogen) atoms. The van der Waals surface area contributed by atoms with Gasteiger partial charge in [-0.2, -0.15) is 0 Å². The largest absolute Gasteiger partial charge is 0.496 e. The third kappa shape index (κ3) is 5.58. The van der Waals surface area contributed by atoms with Crippen molar-refractivity contribution in [3.05, 3.63) is 95.6 Å². The monoisotopic (exact) mass is 445 g/mol. The molecule has 1 aromatic heterocycles. The van der Waals surface area contributed by atoms with Gasteiger partial charge in [-0.05, 0) is 55.3 Å². The summed E-state index contributed by atoms with van der Waals surface area (Å²) in [5.41, 5.74) is 3.70. The normalized spacial score (nSPS) is 11.0. The van der Waals surface area contributed by atoms with Crippen molar-refractivity contribution < 1.29 is 13.9 Å². The molecule has 6 heteroatoms. The topological polar surface area (TPSA) is 56.1 Å². The standard InChI is InChI=1S/C27H28FN3O2/c1-33-25-12-7-4-9-21(25)19-31-24-11-6-5-10-23(24)30-26(31)13-3-2-8-18-29-27(32)20-14-16-22(28)17-15-20/h4-7,9-12,14-17H,2-3,8,13,18-19H2,1H3,(H,29,32). The van der Waals surface area contributed by atoms with Crippen LogP contribution in [0.15, 0.2) is 72.8 Å². The average molecular weight is 446 g/mol. The second-order valence-electron chi connectivity index (χ2n) is 7.99. The average Bonchev–Trinajstić information content (AvgIpc) is 3.19. The van der Waals surface area contributed by atoms with Crippen LogP contribution in [0, 0.1) is 5.82 Å². The van der Waals surface area contributed by atoms with Gasteiger partial charge in [-0.15, -0.1) is 0 Å². The number of fused-ring (bicyclic) bond motifs is 1. The number of methoxy groups -OCH3 is 1. The molecule has 1 N–H and O–H groups in total. The van der Waals surface area contributed by atoms with Crippen LogP contribution in [0.25, 0.3) is 11.0 Å². The molecule has 1 amide bonds. The summed E-state index contributed by atoms with van der Waals surface area (Å²) in [4.78, 5) is 17.0. The lowest BCUT2D eigenvalue weighted by Crippen LogP contribution is -2.24. The second-order valence-corrected chi connectivity index (χ2v) is 7.99. The third-order valence-corrected chi connectivity index (χ3v) is 5.72. The summed E-state index contributed by atoms with van der Waals surface area (Å²) in [5, 5.41) is 2.90. The third-order valence-electron chi connectivity index (χ3n) is 5.72. The van der Waals surface area contributed by atoms with E-state index in [9.17, 15) is 9.18 Å². The molecule has 0 aliphatic carbocycles. The second kappa shape index (κ2) is 10.8. The number of carbonyl (C=O) groups excluding carboxylic acids is 1. The minimum absolute atomic E-state index is 0.173. The molecule has 4 rings (SSSR count). The van der Waals surface area contributed by atoms with Crippen LogP contribution in [0.1, 0.15) is 41.0 Å². The van der Waals surface area contributed by atoms with E-state index in [1.165, 1.54) is 24.3 Å². The van der Waals surface area contributed by atoms with Crippen LogP contribution >= 0.6 is 0 Å². The maximum absolute atomic E-state index is 13.0. The molecule has 0 fully saturated rings. The lowest BCUT2D eigenvalue weighted by Gasteiger charge is -2.12. The molecule has 1 heterocycles. The Morgan fingerprint density at radius 1 is 0.970 bits per heavy atom. The molecule has 0 unspecified atom stereocenters. The highest BCUT2D eigenvalue weighted by Gasteiger charge is 2.13. The van der Waals surface area contributed by atoms with Gasteiger partial charge in [0.1, 0.15) is 17.4 Å². The van der Waals surface area contributed by atoms with Gasteiger partial charge in [0, 0.05) is 24.1 Å². The fourth-order valence-corrected chi connectivity index (χ4v) is 3.99. The Kier molecular flexibility index (Phi) is 7.35. The highest BCUT2D eigenvalue weighted by atomic mass is 19.1. The molecule has 170 valence electrons. The quantitative estimate of drug-likeness (QED) is 0.334. The minimum atomic E-state index is -0.344. The van der Waals surface area contributed by atoms with Gasteiger partial charge in [-0.1, -0.05) is 36.8 Å². The first-order valence-electron chi connectivity index (χ1n) is 11.3. The van der Waals surface area contributed by atoms with Crippen molar-refractivity contribution in [3.63, 3.8) is 0 Å². The van der Waals surface area contributed by atoms with Crippen molar-refractivity contribution in [2.45, 2.75) is 32.2 Å². The Morgan fingerprint density at radius 3 is 2.55 bits per heavy atom. The number of nitrogens with zero attached hydrogens (tertiary/aromatic N) is 2. The van der Waals surface area contributed by atoms with Crippen molar-refractivity contribution in [3.8, 4) is 5.75 Å². The van der Waals surface area contributed by atoms with Gasteiger partial charge < -0.3 is 14.6 Å². The summed E-state index contributed by atoms with van der Waals surface area (Å²) in [6.45, 7) is 1.29. The molecule has 4 aromatic rings. The number of rotatable bonds is 10. The Hall–Kier alpha value is -3.67. The zero-order valence-electron chi connectivity index (χ0n) is 18.8. The molecule has 0 radical (unpaired) electrons. The fourth-order valence-electron chi connectivity index (χ4n) is 3.99. The van der Waals surface area contributed by atoms with E-state index in [1.807, 2.05) is 36.4 Å². The number of benzene rings is 3. The number of hydrogen-bond acceptors (Lipinski definition) is 3. The molecular weight excluding hydrogens is 417 g/mol. The predicted octanol–water partition coefficient (Wildman–Crippen LogP) is 5.38. The lowest BCUT2D eigenvalue weighted by molar-refractivity contribution is 0.0953. The Morgan fingerprint density at radius 2 is 1.73 bits per heavy atom. The Labute approximate surface area is 193 Å². The van der Waals surface area contributed by atoms with Crippen molar-refractivity contribution >= 4 is 16.9 Å². The zero-order valence-corrected chi connectivity index (χ0v) is 18.8. The van der Waals surface area contributed by atoms with Gasteiger partial charge in [0.25, 0.3) is 5.91 Å². The van der Waals surface area contributed by atoms with E-state index >= 15 is 0 Å². The van der Waals surface area contributed by atoms with Crippen molar-refractivity contribution in [2.24, 2.45) is 0 Å². The van der Waals surface area contributed by atoms with Gasteiger partial charge in [0.2, 0.25) is 0 Å².